The second-order valence-corrected chi connectivity index (χ2v) is 9.37. The van der Waals surface area contributed by atoms with Crippen molar-refractivity contribution in [1.29, 1.82) is 0 Å². The smallest absolute Gasteiger partial charge is 0.256 e. The first-order chi connectivity index (χ1) is 12.5. The molecular weight excluding hydrogens is 350 g/mol. The van der Waals surface area contributed by atoms with Crippen LogP contribution in [0.25, 0.3) is 10.9 Å². The molecule has 0 unspecified atom stereocenters. The average molecular weight is 375 g/mol. The van der Waals surface area contributed by atoms with E-state index in [1.165, 1.54) is 28.4 Å². The maximum Gasteiger partial charge on any atom is 0.256 e. The molecule has 0 radical (unpaired) electrons. The second-order valence-electron chi connectivity index (χ2n) is 7.11. The number of hydrogen-bond acceptors (Lipinski definition) is 3. The standard InChI is InChI=1S/C19H25N3O3S/c1-2-26(24,25)22-12-10-21(11-13-22)19(23)16-8-5-7-15-14-6-3-4-9-17(14)20-18(15)16/h5,7-8,20H,2-4,6,9-13H2,1H3. The van der Waals surface area contributed by atoms with E-state index in [0.29, 0.717) is 31.7 Å². The Labute approximate surface area is 154 Å². The molecule has 6 nitrogen and oxygen atoms in total. The maximum atomic E-state index is 13.1. The van der Waals surface area contributed by atoms with Gasteiger partial charge in [-0.05, 0) is 44.2 Å². The number of fused-ring (bicyclic) bond motifs is 3. The number of H-pyrrole nitrogens is 1. The number of aromatic nitrogens is 1. The normalized spacial score (nSPS) is 18.9. The fraction of sp³-hybridized carbons (Fsp3) is 0.526. The molecule has 2 aromatic rings. The van der Waals surface area contributed by atoms with Crippen LogP contribution in [0.1, 0.15) is 41.4 Å². The summed E-state index contributed by atoms with van der Waals surface area (Å²) in [6.07, 6.45) is 4.51. The maximum absolute atomic E-state index is 13.1. The Morgan fingerprint density at radius 2 is 1.85 bits per heavy atom. The summed E-state index contributed by atoms with van der Waals surface area (Å²) in [5.74, 6) is 0.0941. The first-order valence-corrected chi connectivity index (χ1v) is 11.0. The third kappa shape index (κ3) is 2.93. The highest BCUT2D eigenvalue weighted by molar-refractivity contribution is 7.89. The van der Waals surface area contributed by atoms with Crippen molar-refractivity contribution >= 4 is 26.8 Å². The van der Waals surface area contributed by atoms with Crippen molar-refractivity contribution in [1.82, 2.24) is 14.2 Å². The van der Waals surface area contributed by atoms with Gasteiger partial charge < -0.3 is 9.88 Å². The summed E-state index contributed by atoms with van der Waals surface area (Å²) in [6.45, 7) is 3.28. The van der Waals surface area contributed by atoms with Crippen molar-refractivity contribution in [3.63, 3.8) is 0 Å². The van der Waals surface area contributed by atoms with Gasteiger partial charge in [-0.2, -0.15) is 4.31 Å². The van der Waals surface area contributed by atoms with Gasteiger partial charge in [-0.1, -0.05) is 12.1 Å². The minimum absolute atomic E-state index is 0.0113. The zero-order chi connectivity index (χ0) is 18.3. The van der Waals surface area contributed by atoms with Gasteiger partial charge in [0.15, 0.2) is 0 Å². The zero-order valence-corrected chi connectivity index (χ0v) is 15.9. The molecule has 0 atom stereocenters. The number of rotatable bonds is 3. The molecule has 0 saturated carbocycles. The number of nitrogens with one attached hydrogen (secondary N) is 1. The summed E-state index contributed by atoms with van der Waals surface area (Å²) in [4.78, 5) is 18.4. The van der Waals surface area contributed by atoms with Gasteiger partial charge in [0.2, 0.25) is 10.0 Å². The Morgan fingerprint density at radius 3 is 2.58 bits per heavy atom. The minimum Gasteiger partial charge on any atom is -0.358 e. The number of sulfonamides is 1. The van der Waals surface area contributed by atoms with Crippen LogP contribution in [-0.2, 0) is 22.9 Å². The lowest BCUT2D eigenvalue weighted by Gasteiger charge is -2.34. The quantitative estimate of drug-likeness (QED) is 0.893. The first-order valence-electron chi connectivity index (χ1n) is 9.41. The number of carbonyl (C=O) groups excluding carboxylic acids is 1. The summed E-state index contributed by atoms with van der Waals surface area (Å²) >= 11 is 0. The Bertz CT molecular complexity index is 940. The molecule has 0 bridgehead atoms. The van der Waals surface area contributed by atoms with E-state index in [-0.39, 0.29) is 11.7 Å². The number of benzene rings is 1. The summed E-state index contributed by atoms with van der Waals surface area (Å²) in [7, 11) is -3.18. The van der Waals surface area contributed by atoms with Gasteiger partial charge in [0.25, 0.3) is 5.91 Å². The molecule has 2 heterocycles. The molecule has 140 valence electrons. The van der Waals surface area contributed by atoms with Gasteiger partial charge in [-0.25, -0.2) is 8.42 Å². The Hall–Kier alpha value is -1.86. The molecule has 1 aromatic carbocycles. The molecule has 2 aliphatic rings. The van der Waals surface area contributed by atoms with Crippen LogP contribution in [0.15, 0.2) is 18.2 Å². The molecule has 1 saturated heterocycles. The van der Waals surface area contributed by atoms with Crippen LogP contribution < -0.4 is 0 Å². The largest absolute Gasteiger partial charge is 0.358 e. The van der Waals surface area contributed by atoms with Crippen LogP contribution in [-0.4, -0.2) is 60.4 Å². The summed E-state index contributed by atoms with van der Waals surface area (Å²) < 4.78 is 25.5. The third-order valence-corrected chi connectivity index (χ3v) is 7.53. The molecule has 26 heavy (non-hydrogen) atoms. The zero-order valence-electron chi connectivity index (χ0n) is 15.1. The average Bonchev–Trinajstić information content (AvgIpc) is 3.06. The van der Waals surface area contributed by atoms with E-state index >= 15 is 0 Å². The number of para-hydroxylation sites is 1. The van der Waals surface area contributed by atoms with Crippen LogP contribution >= 0.6 is 0 Å². The highest BCUT2D eigenvalue weighted by atomic mass is 32.2. The first kappa shape index (κ1) is 17.5. The van der Waals surface area contributed by atoms with Crippen LogP contribution in [0, 0.1) is 0 Å². The van der Waals surface area contributed by atoms with E-state index in [9.17, 15) is 13.2 Å². The van der Waals surface area contributed by atoms with Crippen molar-refractivity contribution in [3.8, 4) is 0 Å². The number of piperazine rings is 1. The molecule has 0 spiro atoms. The highest BCUT2D eigenvalue weighted by Gasteiger charge is 2.29. The molecule has 1 fully saturated rings. The second kappa shape index (κ2) is 6.70. The van der Waals surface area contributed by atoms with Gasteiger partial charge in [-0.15, -0.1) is 0 Å². The lowest BCUT2D eigenvalue weighted by molar-refractivity contribution is 0.0700. The summed E-state index contributed by atoms with van der Waals surface area (Å²) in [5, 5.41) is 1.16. The lowest BCUT2D eigenvalue weighted by atomic mass is 9.95. The van der Waals surface area contributed by atoms with E-state index in [1.54, 1.807) is 11.8 Å². The van der Waals surface area contributed by atoms with Gasteiger partial charge in [0, 0.05) is 37.3 Å². The topological polar surface area (TPSA) is 73.5 Å². The van der Waals surface area contributed by atoms with Crippen molar-refractivity contribution in [2.45, 2.75) is 32.6 Å². The number of hydrogen-bond donors (Lipinski definition) is 1. The third-order valence-electron chi connectivity index (χ3n) is 5.65. The molecule has 1 N–H and O–H groups in total. The Morgan fingerprint density at radius 1 is 1.12 bits per heavy atom. The molecule has 4 rings (SSSR count). The van der Waals surface area contributed by atoms with E-state index in [4.69, 9.17) is 0 Å². The van der Waals surface area contributed by atoms with Crippen LogP contribution in [0.2, 0.25) is 0 Å². The van der Waals surface area contributed by atoms with Gasteiger partial charge in [0.1, 0.15) is 0 Å². The van der Waals surface area contributed by atoms with Gasteiger partial charge in [0.05, 0.1) is 16.8 Å². The lowest BCUT2D eigenvalue weighted by Crippen LogP contribution is -2.50. The van der Waals surface area contributed by atoms with Crippen molar-refractivity contribution in [2.75, 3.05) is 31.9 Å². The summed E-state index contributed by atoms with van der Waals surface area (Å²) in [6, 6.07) is 5.93. The molecular formula is C19H25N3O3S. The fourth-order valence-electron chi connectivity index (χ4n) is 4.13. The molecule has 1 amide bonds. The number of aromatic amines is 1. The minimum atomic E-state index is -3.18. The monoisotopic (exact) mass is 375 g/mol. The highest BCUT2D eigenvalue weighted by Crippen LogP contribution is 2.31. The Kier molecular flexibility index (Phi) is 4.52. The van der Waals surface area contributed by atoms with Gasteiger partial charge in [-0.3, -0.25) is 4.79 Å². The van der Waals surface area contributed by atoms with Crippen molar-refractivity contribution in [2.24, 2.45) is 0 Å². The number of aryl methyl sites for hydroxylation is 2. The Balaban J connectivity index is 1.59. The predicted octanol–water partition coefficient (Wildman–Crippen LogP) is 2.15. The van der Waals surface area contributed by atoms with E-state index in [1.807, 2.05) is 12.1 Å². The molecule has 7 heteroatoms. The molecule has 1 aliphatic heterocycles. The fourth-order valence-corrected chi connectivity index (χ4v) is 5.22. The van der Waals surface area contributed by atoms with Crippen LogP contribution in [0.3, 0.4) is 0 Å². The van der Waals surface area contributed by atoms with E-state index in [2.05, 4.69) is 11.1 Å². The summed E-state index contributed by atoms with van der Waals surface area (Å²) in [5.41, 5.74) is 4.27. The number of amides is 1. The van der Waals surface area contributed by atoms with E-state index < -0.39 is 10.0 Å². The number of nitrogens with zero attached hydrogens (tertiary/aromatic N) is 2. The van der Waals surface area contributed by atoms with Crippen LogP contribution in [0.5, 0.6) is 0 Å². The number of carbonyl (C=O) groups is 1. The molecule has 1 aromatic heterocycles. The van der Waals surface area contributed by atoms with Crippen molar-refractivity contribution < 1.29 is 13.2 Å². The SMILES string of the molecule is CCS(=O)(=O)N1CCN(C(=O)c2cccc3c4c([nH]c23)CCCC4)CC1. The van der Waals surface area contributed by atoms with Crippen LogP contribution in [0.4, 0.5) is 0 Å². The van der Waals surface area contributed by atoms with E-state index in [0.717, 1.165) is 23.7 Å². The predicted molar refractivity (Wildman–Crippen MR) is 102 cm³/mol. The van der Waals surface area contributed by atoms with Gasteiger partial charge >= 0.3 is 0 Å². The molecule has 1 aliphatic carbocycles. The van der Waals surface area contributed by atoms with Crippen molar-refractivity contribution in [3.05, 3.63) is 35.0 Å².